The van der Waals surface area contributed by atoms with Gasteiger partial charge in [-0.1, -0.05) is 13.0 Å². The highest BCUT2D eigenvalue weighted by Crippen LogP contribution is 2.39. The molecule has 0 aliphatic heterocycles. The first-order valence-corrected chi connectivity index (χ1v) is 6.45. The number of benzene rings is 1. The van der Waals surface area contributed by atoms with E-state index in [1.807, 2.05) is 6.07 Å². The van der Waals surface area contributed by atoms with Crippen LogP contribution in [0.1, 0.15) is 48.4 Å². The van der Waals surface area contributed by atoms with Crippen LogP contribution in [0.2, 0.25) is 0 Å². The van der Waals surface area contributed by atoms with Crippen LogP contribution in [0.3, 0.4) is 0 Å². The SMILES string of the molecule is CCCc1nc2cccc(C(=O)O)c2n1C1CC1. The van der Waals surface area contributed by atoms with E-state index >= 15 is 0 Å². The van der Waals surface area contributed by atoms with Crippen LogP contribution in [-0.4, -0.2) is 20.6 Å². The predicted molar refractivity (Wildman–Crippen MR) is 69.0 cm³/mol. The molecule has 2 aromatic rings. The number of aryl methyl sites for hydroxylation is 1. The maximum Gasteiger partial charge on any atom is 0.337 e. The summed E-state index contributed by atoms with van der Waals surface area (Å²) in [6, 6.07) is 5.80. The van der Waals surface area contributed by atoms with Crippen molar-refractivity contribution < 1.29 is 9.90 Å². The molecule has 94 valence electrons. The van der Waals surface area contributed by atoms with Gasteiger partial charge in [-0.15, -0.1) is 0 Å². The minimum absolute atomic E-state index is 0.370. The molecule has 1 aromatic carbocycles. The van der Waals surface area contributed by atoms with Crippen molar-refractivity contribution in [1.29, 1.82) is 0 Å². The van der Waals surface area contributed by atoms with E-state index in [0.717, 1.165) is 42.5 Å². The Morgan fingerprint density at radius 2 is 2.28 bits per heavy atom. The molecule has 0 saturated heterocycles. The van der Waals surface area contributed by atoms with Crippen molar-refractivity contribution >= 4 is 17.0 Å². The van der Waals surface area contributed by atoms with Gasteiger partial charge in [0.05, 0.1) is 16.6 Å². The van der Waals surface area contributed by atoms with Crippen LogP contribution < -0.4 is 0 Å². The van der Waals surface area contributed by atoms with Crippen molar-refractivity contribution in [1.82, 2.24) is 9.55 Å². The monoisotopic (exact) mass is 244 g/mol. The maximum atomic E-state index is 11.3. The van der Waals surface area contributed by atoms with Gasteiger partial charge in [-0.05, 0) is 31.4 Å². The lowest BCUT2D eigenvalue weighted by Gasteiger charge is -2.08. The number of para-hydroxylation sites is 1. The third kappa shape index (κ3) is 1.68. The molecule has 1 saturated carbocycles. The van der Waals surface area contributed by atoms with Crippen molar-refractivity contribution in [3.8, 4) is 0 Å². The second-order valence-corrected chi connectivity index (χ2v) is 4.86. The number of carboxylic acid groups (broad SMARTS) is 1. The van der Waals surface area contributed by atoms with Gasteiger partial charge in [0.25, 0.3) is 0 Å². The van der Waals surface area contributed by atoms with Crippen molar-refractivity contribution in [2.75, 3.05) is 0 Å². The Kier molecular flexibility index (Phi) is 2.58. The quantitative estimate of drug-likeness (QED) is 0.899. The Balaban J connectivity index is 2.28. The zero-order chi connectivity index (χ0) is 12.7. The minimum Gasteiger partial charge on any atom is -0.478 e. The third-order valence-corrected chi connectivity index (χ3v) is 3.40. The topological polar surface area (TPSA) is 55.1 Å². The van der Waals surface area contributed by atoms with Gasteiger partial charge < -0.3 is 9.67 Å². The number of carboxylic acids is 1. The molecule has 1 fully saturated rings. The molecular formula is C14H16N2O2. The summed E-state index contributed by atoms with van der Waals surface area (Å²) < 4.78 is 2.16. The van der Waals surface area contributed by atoms with Gasteiger partial charge in [0.15, 0.2) is 0 Å². The maximum absolute atomic E-state index is 11.3. The molecule has 4 heteroatoms. The molecule has 1 aromatic heterocycles. The molecule has 1 heterocycles. The molecule has 0 unspecified atom stereocenters. The highest BCUT2D eigenvalue weighted by Gasteiger charge is 2.29. The van der Waals surface area contributed by atoms with Crippen LogP contribution in [0.4, 0.5) is 0 Å². The van der Waals surface area contributed by atoms with Crippen LogP contribution in [0.25, 0.3) is 11.0 Å². The lowest BCUT2D eigenvalue weighted by atomic mass is 10.2. The molecule has 0 radical (unpaired) electrons. The van der Waals surface area contributed by atoms with Crippen LogP contribution in [0, 0.1) is 0 Å². The van der Waals surface area contributed by atoms with Gasteiger partial charge in [0, 0.05) is 12.5 Å². The Bertz CT molecular complexity index is 612. The second kappa shape index (κ2) is 4.12. The van der Waals surface area contributed by atoms with Crippen molar-refractivity contribution in [2.45, 2.75) is 38.6 Å². The molecule has 18 heavy (non-hydrogen) atoms. The number of imidazole rings is 1. The molecule has 1 N–H and O–H groups in total. The first-order chi connectivity index (χ1) is 8.72. The van der Waals surface area contributed by atoms with Crippen LogP contribution >= 0.6 is 0 Å². The van der Waals surface area contributed by atoms with Crippen LogP contribution in [0.15, 0.2) is 18.2 Å². The summed E-state index contributed by atoms with van der Waals surface area (Å²) in [6.07, 6.45) is 4.20. The van der Waals surface area contributed by atoms with E-state index in [2.05, 4.69) is 16.5 Å². The van der Waals surface area contributed by atoms with Gasteiger partial charge >= 0.3 is 5.97 Å². The van der Waals surface area contributed by atoms with Gasteiger partial charge in [-0.2, -0.15) is 0 Å². The molecule has 0 amide bonds. The normalized spacial score (nSPS) is 15.2. The van der Waals surface area contributed by atoms with Gasteiger partial charge in [0.1, 0.15) is 5.82 Å². The first kappa shape index (κ1) is 11.3. The smallest absolute Gasteiger partial charge is 0.337 e. The summed E-state index contributed by atoms with van der Waals surface area (Å²) in [5, 5.41) is 9.31. The Labute approximate surface area is 105 Å². The van der Waals surface area contributed by atoms with E-state index in [0.29, 0.717) is 11.6 Å². The summed E-state index contributed by atoms with van der Waals surface area (Å²) in [5.74, 6) is 0.161. The zero-order valence-corrected chi connectivity index (χ0v) is 10.4. The molecule has 1 aliphatic carbocycles. The molecule has 4 nitrogen and oxygen atoms in total. The third-order valence-electron chi connectivity index (χ3n) is 3.40. The Morgan fingerprint density at radius 1 is 1.50 bits per heavy atom. The minimum atomic E-state index is -0.870. The number of aromatic nitrogens is 2. The summed E-state index contributed by atoms with van der Waals surface area (Å²) >= 11 is 0. The molecule has 0 bridgehead atoms. The molecular weight excluding hydrogens is 228 g/mol. The molecule has 0 spiro atoms. The van der Waals surface area contributed by atoms with Gasteiger partial charge in [0.2, 0.25) is 0 Å². The Hall–Kier alpha value is -1.84. The summed E-state index contributed by atoms with van der Waals surface area (Å²) in [4.78, 5) is 15.9. The summed E-state index contributed by atoms with van der Waals surface area (Å²) in [7, 11) is 0. The molecule has 0 atom stereocenters. The predicted octanol–water partition coefficient (Wildman–Crippen LogP) is 3.02. The lowest BCUT2D eigenvalue weighted by Crippen LogP contribution is -2.05. The Morgan fingerprint density at radius 3 is 2.89 bits per heavy atom. The van der Waals surface area contributed by atoms with E-state index in [-0.39, 0.29) is 0 Å². The zero-order valence-electron chi connectivity index (χ0n) is 10.4. The standard InChI is InChI=1S/C14H16N2O2/c1-2-4-12-15-11-6-3-5-10(14(17)18)13(11)16(12)9-7-8-9/h3,5-6,9H,2,4,7-8H2,1H3,(H,17,18). The van der Waals surface area contributed by atoms with Crippen molar-refractivity contribution in [2.24, 2.45) is 0 Å². The number of hydrogen-bond acceptors (Lipinski definition) is 2. The average Bonchev–Trinajstić information content (AvgIpc) is 3.10. The number of fused-ring (bicyclic) bond motifs is 1. The fourth-order valence-electron chi connectivity index (χ4n) is 2.50. The van der Waals surface area contributed by atoms with E-state index in [4.69, 9.17) is 0 Å². The van der Waals surface area contributed by atoms with E-state index in [1.165, 1.54) is 0 Å². The number of hydrogen-bond donors (Lipinski definition) is 1. The van der Waals surface area contributed by atoms with E-state index in [1.54, 1.807) is 12.1 Å². The molecule has 1 aliphatic rings. The number of nitrogens with zero attached hydrogens (tertiary/aromatic N) is 2. The highest BCUT2D eigenvalue weighted by molar-refractivity contribution is 6.01. The van der Waals surface area contributed by atoms with Crippen LogP contribution in [-0.2, 0) is 6.42 Å². The van der Waals surface area contributed by atoms with Crippen molar-refractivity contribution in [3.63, 3.8) is 0 Å². The van der Waals surface area contributed by atoms with E-state index in [9.17, 15) is 9.90 Å². The van der Waals surface area contributed by atoms with E-state index < -0.39 is 5.97 Å². The largest absolute Gasteiger partial charge is 0.478 e. The second-order valence-electron chi connectivity index (χ2n) is 4.86. The first-order valence-electron chi connectivity index (χ1n) is 6.45. The summed E-state index contributed by atoms with van der Waals surface area (Å²) in [6.45, 7) is 2.12. The highest BCUT2D eigenvalue weighted by atomic mass is 16.4. The fourth-order valence-corrected chi connectivity index (χ4v) is 2.50. The number of carbonyl (C=O) groups is 1. The summed E-state index contributed by atoms with van der Waals surface area (Å²) in [5.41, 5.74) is 1.98. The number of aromatic carboxylic acids is 1. The van der Waals surface area contributed by atoms with Gasteiger partial charge in [-0.25, -0.2) is 9.78 Å². The van der Waals surface area contributed by atoms with Crippen LogP contribution in [0.5, 0.6) is 0 Å². The van der Waals surface area contributed by atoms with Gasteiger partial charge in [-0.3, -0.25) is 0 Å². The lowest BCUT2D eigenvalue weighted by molar-refractivity contribution is 0.0698. The molecule has 3 rings (SSSR count). The van der Waals surface area contributed by atoms with Crippen molar-refractivity contribution in [3.05, 3.63) is 29.6 Å². The average molecular weight is 244 g/mol. The fraction of sp³-hybridized carbons (Fsp3) is 0.429. The number of rotatable bonds is 4.